The first-order chi connectivity index (χ1) is 13.1. The summed E-state index contributed by atoms with van der Waals surface area (Å²) in [5, 5.41) is 43.3. The number of carbonyl (C=O) groups excluding carboxylic acids is 1. The quantitative estimate of drug-likeness (QED) is 0.384. The van der Waals surface area contributed by atoms with Crippen molar-refractivity contribution in [3.63, 3.8) is 0 Å². The molecule has 6 N–H and O–H groups in total. The van der Waals surface area contributed by atoms with Crippen LogP contribution in [0.25, 0.3) is 0 Å². The fraction of sp³-hybridized carbons (Fsp3) is 0.375. The molecule has 152 valence electrons. The third kappa shape index (κ3) is 3.14. The fourth-order valence-electron chi connectivity index (χ4n) is 2.92. The van der Waals surface area contributed by atoms with Crippen LogP contribution in [0, 0.1) is 6.92 Å². The summed E-state index contributed by atoms with van der Waals surface area (Å²) < 4.78 is 31.3. The Bertz CT molecular complexity index is 1000. The lowest BCUT2D eigenvalue weighted by atomic mass is 10.1. The molecule has 0 spiro atoms. The molecule has 1 amide bonds. The van der Waals surface area contributed by atoms with Crippen LogP contribution >= 0.6 is 0 Å². The van der Waals surface area contributed by atoms with Crippen LogP contribution in [0.4, 0.5) is 0 Å². The molecular weight excluding hydrogens is 394 g/mol. The Morgan fingerprint density at radius 3 is 2.36 bits per heavy atom. The predicted octanol–water partition coefficient (Wildman–Crippen LogP) is -1.61. The number of hydrogen-bond acceptors (Lipinski definition) is 9. The monoisotopic (exact) mass is 413 g/mol. The van der Waals surface area contributed by atoms with Gasteiger partial charge < -0.3 is 30.9 Å². The molecule has 2 aromatic rings. The number of benzene rings is 1. The lowest BCUT2D eigenvalue weighted by Crippen LogP contribution is -2.32. The number of aryl methyl sites for hydroxylation is 1. The third-order valence-electron chi connectivity index (χ3n) is 4.45. The van der Waals surface area contributed by atoms with Crippen molar-refractivity contribution >= 4 is 15.9 Å². The second-order valence-electron chi connectivity index (χ2n) is 6.37. The van der Waals surface area contributed by atoms with Crippen molar-refractivity contribution in [2.24, 2.45) is 5.73 Å². The van der Waals surface area contributed by atoms with Gasteiger partial charge in [0.1, 0.15) is 30.1 Å². The average Bonchev–Trinajstić information content (AvgIpc) is 3.13. The van der Waals surface area contributed by atoms with Crippen LogP contribution in [0.15, 0.2) is 29.2 Å². The lowest BCUT2D eigenvalue weighted by molar-refractivity contribution is -0.0245. The summed E-state index contributed by atoms with van der Waals surface area (Å²) in [5.41, 5.74) is 4.69. The van der Waals surface area contributed by atoms with E-state index in [0.29, 0.717) is 0 Å². The van der Waals surface area contributed by atoms with Gasteiger partial charge in [0, 0.05) is 0 Å². The van der Waals surface area contributed by atoms with Crippen molar-refractivity contribution in [2.75, 3.05) is 6.61 Å². The Morgan fingerprint density at radius 2 is 1.86 bits per heavy atom. The summed E-state index contributed by atoms with van der Waals surface area (Å²) in [7, 11) is -4.42. The van der Waals surface area contributed by atoms with E-state index in [1.54, 1.807) is 6.92 Å². The van der Waals surface area contributed by atoms with Gasteiger partial charge in [0.05, 0.1) is 11.5 Å². The Balaban J connectivity index is 2.15. The van der Waals surface area contributed by atoms with Crippen LogP contribution in [0.3, 0.4) is 0 Å². The highest BCUT2D eigenvalue weighted by molar-refractivity contribution is 7.90. The molecule has 2 heterocycles. The SMILES string of the molecule is Cc1ccc(S(=O)(=O)n2nc([C@@H]3O[C@H](CO)[C@@H](O)[C@H]3O)c(O)c2C(N)=O)cc1. The smallest absolute Gasteiger partial charge is 0.283 e. The maximum atomic E-state index is 12.9. The minimum Gasteiger partial charge on any atom is -0.504 e. The number of aromatic nitrogens is 2. The molecule has 4 atom stereocenters. The number of carbonyl (C=O) groups is 1. The van der Waals surface area contributed by atoms with Crippen molar-refractivity contribution in [1.82, 2.24) is 9.19 Å². The third-order valence-corrected chi connectivity index (χ3v) is 6.04. The Labute approximate surface area is 159 Å². The van der Waals surface area contributed by atoms with Crippen molar-refractivity contribution < 1.29 is 38.4 Å². The Morgan fingerprint density at radius 1 is 1.25 bits per heavy atom. The minimum atomic E-state index is -4.42. The van der Waals surface area contributed by atoms with Crippen LogP contribution in [0.2, 0.25) is 0 Å². The van der Waals surface area contributed by atoms with E-state index in [1.807, 2.05) is 0 Å². The first kappa shape index (κ1) is 20.2. The summed E-state index contributed by atoms with van der Waals surface area (Å²) in [6, 6.07) is 5.65. The van der Waals surface area contributed by atoms with Crippen molar-refractivity contribution in [1.29, 1.82) is 0 Å². The molecule has 0 unspecified atom stereocenters. The van der Waals surface area contributed by atoms with Crippen LogP contribution in [-0.2, 0) is 14.8 Å². The summed E-state index contributed by atoms with van der Waals surface area (Å²) in [4.78, 5) is 11.6. The highest BCUT2D eigenvalue weighted by atomic mass is 32.2. The number of ether oxygens (including phenoxy) is 1. The average molecular weight is 413 g/mol. The van der Waals surface area contributed by atoms with E-state index >= 15 is 0 Å². The van der Waals surface area contributed by atoms with Gasteiger partial charge in [-0.2, -0.15) is 13.5 Å². The molecule has 11 nitrogen and oxygen atoms in total. The van der Waals surface area contributed by atoms with Crippen LogP contribution < -0.4 is 5.73 Å². The van der Waals surface area contributed by atoms with E-state index in [-0.39, 0.29) is 8.98 Å². The largest absolute Gasteiger partial charge is 0.504 e. The predicted molar refractivity (Wildman–Crippen MR) is 92.9 cm³/mol. The number of amides is 1. The molecule has 0 aliphatic carbocycles. The molecule has 12 heteroatoms. The molecule has 0 saturated carbocycles. The zero-order chi connectivity index (χ0) is 20.8. The second-order valence-corrected chi connectivity index (χ2v) is 8.13. The molecular formula is C16H19N3O8S. The summed E-state index contributed by atoms with van der Waals surface area (Å²) in [5.74, 6) is -2.18. The number of nitrogens with zero attached hydrogens (tertiary/aromatic N) is 2. The molecule has 0 radical (unpaired) electrons. The van der Waals surface area contributed by atoms with E-state index in [0.717, 1.165) is 5.56 Å². The molecule has 0 bridgehead atoms. The molecule has 3 rings (SSSR count). The van der Waals surface area contributed by atoms with Gasteiger partial charge >= 0.3 is 0 Å². The van der Waals surface area contributed by atoms with Crippen LogP contribution in [-0.4, -0.2) is 68.9 Å². The highest BCUT2D eigenvalue weighted by Gasteiger charge is 2.47. The summed E-state index contributed by atoms with van der Waals surface area (Å²) in [6.45, 7) is 1.12. The molecule has 28 heavy (non-hydrogen) atoms. The van der Waals surface area contributed by atoms with Gasteiger partial charge in [-0.15, -0.1) is 4.09 Å². The van der Waals surface area contributed by atoms with Gasteiger partial charge in [-0.1, -0.05) is 17.7 Å². The molecule has 1 aliphatic heterocycles. The molecule has 1 saturated heterocycles. The topological polar surface area (TPSA) is 185 Å². The highest BCUT2D eigenvalue weighted by Crippen LogP contribution is 2.39. The normalized spacial score (nSPS) is 25.1. The van der Waals surface area contributed by atoms with Crippen molar-refractivity contribution in [3.8, 4) is 5.75 Å². The van der Waals surface area contributed by atoms with E-state index in [1.165, 1.54) is 24.3 Å². The van der Waals surface area contributed by atoms with Crippen LogP contribution in [0.1, 0.15) is 27.8 Å². The number of aliphatic hydroxyl groups is 3. The van der Waals surface area contributed by atoms with E-state index in [2.05, 4.69) is 5.10 Å². The van der Waals surface area contributed by atoms with Gasteiger partial charge in [-0.25, -0.2) is 0 Å². The van der Waals surface area contributed by atoms with E-state index in [4.69, 9.17) is 10.5 Å². The standard InChI is InChI=1S/C16H19N3O8S/c1-7-2-4-8(5-3-7)28(25,26)19-11(16(17)24)13(22)10(18-19)15-14(23)12(21)9(6-20)27-15/h2-5,9,12,14-15,20-23H,6H2,1H3,(H2,17,24)/t9-,12-,14-,15+/m1/s1. The van der Waals surface area contributed by atoms with Crippen molar-refractivity contribution in [2.45, 2.75) is 36.2 Å². The molecule has 1 aromatic carbocycles. The zero-order valence-corrected chi connectivity index (χ0v) is 15.4. The summed E-state index contributed by atoms with van der Waals surface area (Å²) in [6.07, 6.45) is -5.81. The first-order valence-electron chi connectivity index (χ1n) is 8.16. The van der Waals surface area contributed by atoms with Crippen LogP contribution in [0.5, 0.6) is 5.75 Å². The summed E-state index contributed by atoms with van der Waals surface area (Å²) >= 11 is 0. The molecule has 1 aromatic heterocycles. The number of aromatic hydroxyl groups is 1. The lowest BCUT2D eigenvalue weighted by Gasteiger charge is -2.12. The fourth-order valence-corrected chi connectivity index (χ4v) is 4.21. The maximum absolute atomic E-state index is 12.9. The maximum Gasteiger partial charge on any atom is 0.283 e. The van der Waals surface area contributed by atoms with E-state index < -0.39 is 64.1 Å². The Kier molecular flexibility index (Phi) is 5.16. The Hall–Kier alpha value is -2.51. The van der Waals surface area contributed by atoms with E-state index in [9.17, 15) is 33.6 Å². The van der Waals surface area contributed by atoms with Gasteiger partial charge in [0.15, 0.2) is 11.4 Å². The molecule has 1 aliphatic rings. The van der Waals surface area contributed by atoms with Gasteiger partial charge in [0.2, 0.25) is 0 Å². The van der Waals surface area contributed by atoms with Gasteiger partial charge in [0.25, 0.3) is 15.9 Å². The van der Waals surface area contributed by atoms with Crippen molar-refractivity contribution in [3.05, 3.63) is 41.2 Å². The molecule has 1 fully saturated rings. The number of nitrogens with two attached hydrogens (primary N) is 1. The number of hydrogen-bond donors (Lipinski definition) is 5. The number of aliphatic hydroxyl groups excluding tert-OH is 3. The van der Waals surface area contributed by atoms with Gasteiger partial charge in [-0.05, 0) is 19.1 Å². The number of primary amides is 1. The number of rotatable bonds is 5. The van der Waals surface area contributed by atoms with Gasteiger partial charge in [-0.3, -0.25) is 4.79 Å². The first-order valence-corrected chi connectivity index (χ1v) is 9.60. The second kappa shape index (κ2) is 7.14. The zero-order valence-electron chi connectivity index (χ0n) is 14.6. The minimum absolute atomic E-state index is 0.212.